The molecule has 1 unspecified atom stereocenters. The average molecular weight is 400 g/mol. The fourth-order valence-corrected chi connectivity index (χ4v) is 3.87. The van der Waals surface area contributed by atoms with Gasteiger partial charge in [0.1, 0.15) is 17.0 Å². The number of piperidine rings is 1. The number of nitrogens with one attached hydrogen (secondary N) is 1. The summed E-state index contributed by atoms with van der Waals surface area (Å²) < 4.78 is 67.6. The summed E-state index contributed by atoms with van der Waals surface area (Å²) in [6, 6.07) is 1.00. The molecule has 0 saturated carbocycles. The fourth-order valence-electron chi connectivity index (χ4n) is 2.97. The van der Waals surface area contributed by atoms with E-state index < -0.39 is 18.4 Å². The van der Waals surface area contributed by atoms with Crippen molar-refractivity contribution in [2.24, 2.45) is 0 Å². The van der Waals surface area contributed by atoms with E-state index in [1.807, 2.05) is 0 Å². The van der Waals surface area contributed by atoms with Gasteiger partial charge in [0.25, 0.3) is 0 Å². The third-order valence-corrected chi connectivity index (χ3v) is 5.67. The average Bonchev–Trinajstić information content (AvgIpc) is 3.16. The molecule has 1 fully saturated rings. The number of thiophene rings is 1. The van der Waals surface area contributed by atoms with Crippen LogP contribution in [0.1, 0.15) is 58.2 Å². The standard InChI is InChI=1S/C22H25N5S/c1-15(2)20-11-19-21(24-14-25-22(19)28-20)26-18-6-8-27(9-7-18)13-17-5-3-4-16(10-17)12-23/h3-5,10-11,14-15,18H,6-9,13H2,1-2H3,(H,24,25,26)/i4D,5D,10D,11D,13D,15D,18D/hD. The minimum absolute atomic E-state index is 0.0444. The second kappa shape index (κ2) is 8.26. The number of fused-ring (bicyclic) bond motifs is 1. The molecule has 144 valence electrons. The first-order valence-electron chi connectivity index (χ1n) is 13.0. The van der Waals surface area contributed by atoms with Crippen LogP contribution in [0.5, 0.6) is 0 Å². The van der Waals surface area contributed by atoms with Gasteiger partial charge in [-0.1, -0.05) is 26.0 Å². The summed E-state index contributed by atoms with van der Waals surface area (Å²) in [6.45, 7) is 2.70. The first kappa shape index (κ1) is 11.5. The van der Waals surface area contributed by atoms with Crippen molar-refractivity contribution >= 4 is 27.4 Å². The summed E-state index contributed by atoms with van der Waals surface area (Å²) in [5.74, 6) is -0.884. The Balaban J connectivity index is 1.60. The summed E-state index contributed by atoms with van der Waals surface area (Å²) in [4.78, 5) is 11.1. The second-order valence-corrected chi connectivity index (χ2v) is 7.73. The van der Waals surface area contributed by atoms with Crippen LogP contribution in [0, 0.1) is 11.3 Å². The van der Waals surface area contributed by atoms with Gasteiger partial charge in [-0.3, -0.25) is 4.90 Å². The molecule has 3 heterocycles. The molecule has 4 rings (SSSR count). The predicted octanol–water partition coefficient (Wildman–Crippen LogP) is 4.76. The van der Waals surface area contributed by atoms with Gasteiger partial charge in [-0.25, -0.2) is 9.97 Å². The molecule has 28 heavy (non-hydrogen) atoms. The molecular weight excluding hydrogens is 366 g/mol. The van der Waals surface area contributed by atoms with Crippen LogP contribution in [0.15, 0.2) is 36.6 Å². The second-order valence-electron chi connectivity index (χ2n) is 6.74. The maximum atomic E-state index is 9.27. The van der Waals surface area contributed by atoms with Crippen LogP contribution in [-0.4, -0.2) is 34.0 Å². The van der Waals surface area contributed by atoms with Crippen LogP contribution in [0.25, 0.3) is 10.2 Å². The highest BCUT2D eigenvalue weighted by molar-refractivity contribution is 7.18. The minimum Gasteiger partial charge on any atom is -0.367 e. The lowest BCUT2D eigenvalue weighted by atomic mass is 10.0. The monoisotopic (exact) mass is 399 g/mol. The molecule has 0 bridgehead atoms. The van der Waals surface area contributed by atoms with Gasteiger partial charge < -0.3 is 5.31 Å². The lowest BCUT2D eigenvalue weighted by Crippen LogP contribution is -2.38. The lowest BCUT2D eigenvalue weighted by Gasteiger charge is -2.32. The van der Waals surface area contributed by atoms with E-state index in [1.165, 1.54) is 23.7 Å². The fraction of sp³-hybridized carbons (Fsp3) is 0.409. The van der Waals surface area contributed by atoms with Crippen LogP contribution < -0.4 is 5.31 Å². The number of likely N-dealkylation sites (tertiary alicyclic amines) is 1. The van der Waals surface area contributed by atoms with Crippen molar-refractivity contribution in [2.75, 3.05) is 18.4 Å². The van der Waals surface area contributed by atoms with Crippen molar-refractivity contribution in [3.05, 3.63) is 52.6 Å². The Hall–Kier alpha value is -2.49. The van der Waals surface area contributed by atoms with Gasteiger partial charge in [-0.15, -0.1) is 11.3 Å². The van der Waals surface area contributed by atoms with Gasteiger partial charge in [-0.05, 0) is 42.4 Å². The summed E-state index contributed by atoms with van der Waals surface area (Å²) in [7, 11) is 0. The zero-order valence-electron chi connectivity index (χ0n) is 23.7. The van der Waals surface area contributed by atoms with Crippen molar-refractivity contribution < 1.29 is 11.0 Å². The molecular formula is C22H25N5S. The first-order valence-corrected chi connectivity index (χ1v) is 9.82. The van der Waals surface area contributed by atoms with Gasteiger partial charge in [0, 0.05) is 33.2 Å². The summed E-state index contributed by atoms with van der Waals surface area (Å²) >= 11 is 1.21. The van der Waals surface area contributed by atoms with E-state index in [0.29, 0.717) is 15.1 Å². The van der Waals surface area contributed by atoms with E-state index >= 15 is 0 Å². The summed E-state index contributed by atoms with van der Waals surface area (Å²) in [5, 5.41) is 10.6. The number of nitriles is 1. The van der Waals surface area contributed by atoms with E-state index in [1.54, 1.807) is 24.8 Å². The zero-order chi connectivity index (χ0) is 26.6. The molecule has 0 radical (unpaired) electrons. The Morgan fingerprint density at radius 2 is 2.29 bits per heavy atom. The molecule has 1 aliphatic heterocycles. The Kier molecular flexibility index (Phi) is 3.39. The SMILES string of the molecule is [2H]c1cc([2H])c(C([2H])N2CCC([2H])(N([2H])c3ncnc4sc(C([2H])(C)C)c([2H])c34)CC2)c([2H])c1C#N. The van der Waals surface area contributed by atoms with Gasteiger partial charge in [0.05, 0.1) is 23.9 Å². The highest BCUT2D eigenvalue weighted by Crippen LogP contribution is 2.33. The van der Waals surface area contributed by atoms with Gasteiger partial charge in [-0.2, -0.15) is 5.26 Å². The molecule has 6 heteroatoms. The van der Waals surface area contributed by atoms with Crippen molar-refractivity contribution in [1.82, 2.24) is 14.9 Å². The van der Waals surface area contributed by atoms with Crippen LogP contribution in [0.4, 0.5) is 5.82 Å². The van der Waals surface area contributed by atoms with Crippen molar-refractivity contribution in [2.45, 2.75) is 45.1 Å². The van der Waals surface area contributed by atoms with Gasteiger partial charge in [0.15, 0.2) is 1.41 Å². The largest absolute Gasteiger partial charge is 0.367 e. The van der Waals surface area contributed by atoms with Crippen molar-refractivity contribution in [3.63, 3.8) is 0 Å². The smallest absolute Gasteiger partial charge is 0.162 e. The van der Waals surface area contributed by atoms with Crippen molar-refractivity contribution in [1.29, 1.82) is 5.26 Å². The van der Waals surface area contributed by atoms with Gasteiger partial charge >= 0.3 is 0 Å². The molecule has 5 nitrogen and oxygen atoms in total. The normalized spacial score (nSPS) is 22.5. The minimum atomic E-state index is -1.40. The molecule has 0 spiro atoms. The summed E-state index contributed by atoms with van der Waals surface area (Å²) in [6.07, 6.45) is 1.62. The van der Waals surface area contributed by atoms with E-state index in [4.69, 9.17) is 11.0 Å². The van der Waals surface area contributed by atoms with E-state index in [9.17, 15) is 5.26 Å². The van der Waals surface area contributed by atoms with Crippen LogP contribution in [0.2, 0.25) is 1.41 Å². The maximum absolute atomic E-state index is 9.27. The number of rotatable bonds is 5. The third-order valence-electron chi connectivity index (χ3n) is 4.45. The molecule has 1 N–H and O–H groups in total. The number of hydrogen-bond donors (Lipinski definition) is 1. The first-order chi connectivity index (χ1) is 16.8. The molecule has 1 aromatic carbocycles. The lowest BCUT2D eigenvalue weighted by molar-refractivity contribution is 0.211. The van der Waals surface area contributed by atoms with Crippen LogP contribution in [0.3, 0.4) is 0 Å². The molecule has 0 aliphatic carbocycles. The molecule has 3 aromatic rings. The number of hydrogen-bond acceptors (Lipinski definition) is 6. The van der Waals surface area contributed by atoms with E-state index in [-0.39, 0.29) is 67.0 Å². The van der Waals surface area contributed by atoms with E-state index in [2.05, 4.69) is 9.97 Å². The number of aromatic nitrogens is 2. The Morgan fingerprint density at radius 1 is 1.46 bits per heavy atom. The van der Waals surface area contributed by atoms with Crippen LogP contribution >= 0.6 is 11.3 Å². The Morgan fingerprint density at radius 3 is 3.04 bits per heavy atom. The molecule has 0 amide bonds. The predicted molar refractivity (Wildman–Crippen MR) is 115 cm³/mol. The highest BCUT2D eigenvalue weighted by Gasteiger charge is 2.21. The summed E-state index contributed by atoms with van der Waals surface area (Å²) in [5.41, 5.74) is -0.129. The van der Waals surface area contributed by atoms with Gasteiger partial charge in [0.2, 0.25) is 0 Å². The zero-order valence-corrected chi connectivity index (χ0v) is 16.5. The molecule has 1 atom stereocenters. The van der Waals surface area contributed by atoms with E-state index in [0.717, 1.165) is 5.31 Å². The Labute approximate surface area is 181 Å². The third kappa shape index (κ3) is 4.16. The maximum Gasteiger partial charge on any atom is 0.162 e. The van der Waals surface area contributed by atoms with Crippen LogP contribution in [-0.2, 0) is 6.52 Å². The Bertz CT molecular complexity index is 1360. The van der Waals surface area contributed by atoms with Crippen molar-refractivity contribution in [3.8, 4) is 6.07 Å². The molecule has 2 aromatic heterocycles. The molecule has 1 saturated heterocycles. The number of anilines is 1. The number of benzene rings is 1. The topological polar surface area (TPSA) is 64.8 Å². The number of nitrogens with zero attached hydrogens (tertiary/aromatic N) is 4. The molecule has 1 aliphatic rings. The quantitative estimate of drug-likeness (QED) is 0.670. The highest BCUT2D eigenvalue weighted by atomic mass is 32.1.